The van der Waals surface area contributed by atoms with Crippen LogP contribution < -0.4 is 5.32 Å². The molecule has 5 nitrogen and oxygen atoms in total. The van der Waals surface area contributed by atoms with E-state index >= 15 is 0 Å². The van der Waals surface area contributed by atoms with E-state index in [-0.39, 0.29) is 17.9 Å². The Balaban J connectivity index is 1.62. The second-order valence-electron chi connectivity index (χ2n) is 6.34. The van der Waals surface area contributed by atoms with Crippen molar-refractivity contribution >= 4 is 23.2 Å². The molecule has 1 aliphatic rings. The van der Waals surface area contributed by atoms with Gasteiger partial charge in [0.15, 0.2) is 0 Å². The highest BCUT2D eigenvalue weighted by molar-refractivity contribution is 7.09. The number of fused-ring (bicyclic) bond motifs is 1. The van der Waals surface area contributed by atoms with Gasteiger partial charge in [0.1, 0.15) is 0 Å². The number of thiazole rings is 1. The van der Waals surface area contributed by atoms with Crippen molar-refractivity contribution in [3.8, 4) is 0 Å². The molecule has 0 radical (unpaired) electrons. The Labute approximate surface area is 152 Å². The van der Waals surface area contributed by atoms with E-state index in [0.29, 0.717) is 19.5 Å². The molecule has 0 bridgehead atoms. The first kappa shape index (κ1) is 17.6. The fourth-order valence-electron chi connectivity index (χ4n) is 3.35. The lowest BCUT2D eigenvalue weighted by Crippen LogP contribution is -2.41. The molecule has 6 heteroatoms. The molecule has 1 atom stereocenters. The van der Waals surface area contributed by atoms with Gasteiger partial charge in [-0.05, 0) is 24.5 Å². The van der Waals surface area contributed by atoms with Crippen molar-refractivity contribution in [3.05, 3.63) is 51.5 Å². The Bertz CT molecular complexity index is 772. The Morgan fingerprint density at radius 3 is 2.88 bits per heavy atom. The zero-order valence-corrected chi connectivity index (χ0v) is 15.4. The number of carbonyl (C=O) groups excluding carboxylic acids is 2. The predicted molar refractivity (Wildman–Crippen MR) is 98.5 cm³/mol. The number of rotatable bonds is 5. The van der Waals surface area contributed by atoms with Crippen LogP contribution in [0.3, 0.4) is 0 Å². The lowest BCUT2D eigenvalue weighted by Gasteiger charge is -2.36. The number of hydrogen-bond acceptors (Lipinski definition) is 4. The average Bonchev–Trinajstić information content (AvgIpc) is 3.00. The zero-order chi connectivity index (χ0) is 17.8. The fraction of sp³-hybridized carbons (Fsp3) is 0.421. The molecule has 1 aromatic heterocycles. The minimum atomic E-state index is -0.177. The Kier molecular flexibility index (Phi) is 5.48. The van der Waals surface area contributed by atoms with E-state index in [9.17, 15) is 9.59 Å². The topological polar surface area (TPSA) is 62.3 Å². The van der Waals surface area contributed by atoms with E-state index in [0.717, 1.165) is 29.1 Å². The van der Waals surface area contributed by atoms with Gasteiger partial charge >= 0.3 is 0 Å². The summed E-state index contributed by atoms with van der Waals surface area (Å²) in [4.78, 5) is 30.6. The minimum absolute atomic E-state index is 0.0188. The summed E-state index contributed by atoms with van der Waals surface area (Å²) in [6.45, 7) is 4.78. The molecule has 1 N–H and O–H groups in total. The predicted octanol–water partition coefficient (Wildman–Crippen LogP) is 2.65. The number of aromatic nitrogens is 1. The van der Waals surface area contributed by atoms with E-state index in [2.05, 4.69) is 16.4 Å². The van der Waals surface area contributed by atoms with Crippen LogP contribution in [0, 0.1) is 6.92 Å². The van der Waals surface area contributed by atoms with Crippen molar-refractivity contribution < 1.29 is 9.59 Å². The largest absolute Gasteiger partial charge is 0.356 e. The summed E-state index contributed by atoms with van der Waals surface area (Å²) in [6.07, 6.45) is 1.87. The molecular formula is C19H23N3O2S. The molecule has 0 unspecified atom stereocenters. The average molecular weight is 357 g/mol. The van der Waals surface area contributed by atoms with Crippen molar-refractivity contribution in [3.63, 3.8) is 0 Å². The summed E-state index contributed by atoms with van der Waals surface area (Å²) in [5.41, 5.74) is 3.33. The number of nitrogens with one attached hydrogen (secondary N) is 1. The number of nitrogens with zero attached hydrogens (tertiary/aromatic N) is 2. The maximum absolute atomic E-state index is 12.4. The molecule has 132 valence electrons. The highest BCUT2D eigenvalue weighted by Gasteiger charge is 2.30. The van der Waals surface area contributed by atoms with Gasteiger partial charge in [-0.25, -0.2) is 4.98 Å². The maximum Gasteiger partial charge on any atom is 0.222 e. The summed E-state index contributed by atoms with van der Waals surface area (Å²) < 4.78 is 0. The molecule has 2 heterocycles. The number of aryl methyl sites for hydroxylation is 1. The van der Waals surface area contributed by atoms with Crippen LogP contribution in [0.5, 0.6) is 0 Å². The Morgan fingerprint density at radius 1 is 1.36 bits per heavy atom. The first-order valence-electron chi connectivity index (χ1n) is 8.57. The Morgan fingerprint density at radius 2 is 2.16 bits per heavy atom. The second kappa shape index (κ2) is 7.78. The minimum Gasteiger partial charge on any atom is -0.356 e. The summed E-state index contributed by atoms with van der Waals surface area (Å²) in [5, 5.41) is 6.03. The third kappa shape index (κ3) is 4.25. The SMILES string of the molecule is CC(=O)N1CCc2ccccc2[C@@H]1CC(=O)NCCc1csc(C)n1. The van der Waals surface area contributed by atoms with Gasteiger partial charge in [-0.2, -0.15) is 0 Å². The Hall–Kier alpha value is -2.21. The van der Waals surface area contributed by atoms with Crippen LogP contribution in [0.25, 0.3) is 0 Å². The van der Waals surface area contributed by atoms with E-state index in [1.165, 1.54) is 5.56 Å². The van der Waals surface area contributed by atoms with Crippen LogP contribution in [0.4, 0.5) is 0 Å². The lowest BCUT2D eigenvalue weighted by molar-refractivity contribution is -0.133. The van der Waals surface area contributed by atoms with Gasteiger partial charge in [0, 0.05) is 31.8 Å². The van der Waals surface area contributed by atoms with Crippen LogP contribution in [0.1, 0.15) is 41.2 Å². The van der Waals surface area contributed by atoms with E-state index in [1.807, 2.05) is 35.4 Å². The summed E-state index contributed by atoms with van der Waals surface area (Å²) in [5.74, 6) is -0.00911. The van der Waals surface area contributed by atoms with Crippen molar-refractivity contribution in [2.45, 2.75) is 39.2 Å². The molecule has 25 heavy (non-hydrogen) atoms. The zero-order valence-electron chi connectivity index (χ0n) is 14.6. The van der Waals surface area contributed by atoms with Gasteiger partial charge in [-0.3, -0.25) is 9.59 Å². The molecule has 0 fully saturated rings. The number of carbonyl (C=O) groups is 2. The number of hydrogen-bond donors (Lipinski definition) is 1. The van der Waals surface area contributed by atoms with Crippen molar-refractivity contribution in [2.75, 3.05) is 13.1 Å². The summed E-state index contributed by atoms with van der Waals surface area (Å²) in [7, 11) is 0. The third-order valence-corrected chi connectivity index (χ3v) is 5.39. The number of benzene rings is 1. The number of amides is 2. The third-order valence-electron chi connectivity index (χ3n) is 4.57. The highest BCUT2D eigenvalue weighted by Crippen LogP contribution is 2.32. The molecule has 0 aliphatic carbocycles. The van der Waals surface area contributed by atoms with Crippen molar-refractivity contribution in [1.29, 1.82) is 0 Å². The molecule has 0 saturated carbocycles. The van der Waals surface area contributed by atoms with Crippen LogP contribution in [-0.4, -0.2) is 34.8 Å². The summed E-state index contributed by atoms with van der Waals surface area (Å²) in [6, 6.07) is 7.92. The normalized spacial score (nSPS) is 16.4. The van der Waals surface area contributed by atoms with Crippen LogP contribution in [-0.2, 0) is 22.4 Å². The molecule has 2 amide bonds. The maximum atomic E-state index is 12.4. The molecule has 0 spiro atoms. The van der Waals surface area contributed by atoms with E-state index in [4.69, 9.17) is 0 Å². The smallest absolute Gasteiger partial charge is 0.222 e. The van der Waals surface area contributed by atoms with Crippen LogP contribution in [0.15, 0.2) is 29.6 Å². The quantitative estimate of drug-likeness (QED) is 0.895. The van der Waals surface area contributed by atoms with Gasteiger partial charge in [0.2, 0.25) is 11.8 Å². The first-order valence-corrected chi connectivity index (χ1v) is 9.45. The van der Waals surface area contributed by atoms with E-state index in [1.54, 1.807) is 18.3 Å². The molecule has 1 aromatic carbocycles. The lowest BCUT2D eigenvalue weighted by atomic mass is 9.90. The van der Waals surface area contributed by atoms with Gasteiger partial charge in [0.25, 0.3) is 0 Å². The van der Waals surface area contributed by atoms with Gasteiger partial charge < -0.3 is 10.2 Å². The monoisotopic (exact) mass is 357 g/mol. The molecule has 2 aromatic rings. The second-order valence-corrected chi connectivity index (χ2v) is 7.40. The fourth-order valence-corrected chi connectivity index (χ4v) is 4.00. The van der Waals surface area contributed by atoms with Crippen LogP contribution >= 0.6 is 11.3 Å². The molecular weight excluding hydrogens is 334 g/mol. The van der Waals surface area contributed by atoms with Crippen LogP contribution in [0.2, 0.25) is 0 Å². The highest BCUT2D eigenvalue weighted by atomic mass is 32.1. The summed E-state index contributed by atoms with van der Waals surface area (Å²) >= 11 is 1.62. The first-order chi connectivity index (χ1) is 12.0. The molecule has 0 saturated heterocycles. The van der Waals surface area contributed by atoms with Gasteiger partial charge in [0.05, 0.1) is 23.2 Å². The molecule has 1 aliphatic heterocycles. The van der Waals surface area contributed by atoms with E-state index < -0.39 is 0 Å². The molecule has 3 rings (SSSR count). The van der Waals surface area contributed by atoms with Crippen molar-refractivity contribution in [2.24, 2.45) is 0 Å². The van der Waals surface area contributed by atoms with Gasteiger partial charge in [-0.1, -0.05) is 24.3 Å². The van der Waals surface area contributed by atoms with Gasteiger partial charge in [-0.15, -0.1) is 11.3 Å². The standard InChI is InChI=1S/C19H23N3O2S/c1-13-21-16(12-25-13)7-9-20-19(24)11-18-17-6-4-3-5-15(17)8-10-22(18)14(2)23/h3-6,12,18H,7-11H2,1-2H3,(H,20,24)/t18-/m0/s1. The van der Waals surface area contributed by atoms with Crippen molar-refractivity contribution in [1.82, 2.24) is 15.2 Å².